The van der Waals surface area contributed by atoms with E-state index in [0.717, 1.165) is 19.5 Å². The molecule has 1 rings (SSSR count). The third kappa shape index (κ3) is 5.92. The van der Waals surface area contributed by atoms with Crippen LogP contribution in [0.5, 0.6) is 0 Å². The molecule has 2 amide bonds. The van der Waals surface area contributed by atoms with Gasteiger partial charge in [-0.3, -0.25) is 4.79 Å². The number of carbonyl (C=O) groups is 2. The van der Waals surface area contributed by atoms with E-state index in [2.05, 4.69) is 29.5 Å². The summed E-state index contributed by atoms with van der Waals surface area (Å²) in [7, 11) is 2.08. The first-order valence-electron chi connectivity index (χ1n) is 6.86. The molecule has 0 saturated carbocycles. The minimum absolute atomic E-state index is 0.0755. The van der Waals surface area contributed by atoms with Gasteiger partial charge in [0.2, 0.25) is 0 Å². The van der Waals surface area contributed by atoms with Gasteiger partial charge in [-0.25, -0.2) is 4.79 Å². The van der Waals surface area contributed by atoms with Crippen LogP contribution >= 0.6 is 0 Å². The van der Waals surface area contributed by atoms with Gasteiger partial charge in [0.15, 0.2) is 0 Å². The average molecular weight is 271 g/mol. The van der Waals surface area contributed by atoms with E-state index in [4.69, 9.17) is 5.11 Å². The molecular formula is C13H25N3O3. The zero-order valence-electron chi connectivity index (χ0n) is 12.0. The molecule has 0 radical (unpaired) electrons. The van der Waals surface area contributed by atoms with Gasteiger partial charge in [-0.15, -0.1) is 0 Å². The standard InChI is InChI=1S/C13H25N3O3/c1-9-8-16(3)7-6-11(9)15-13(19)14-10(2)4-5-12(17)18/h9-11H,4-8H2,1-3H3,(H,17,18)(H2,14,15,19). The topological polar surface area (TPSA) is 81.7 Å². The molecule has 0 aliphatic carbocycles. The van der Waals surface area contributed by atoms with E-state index in [0.29, 0.717) is 12.3 Å². The fourth-order valence-electron chi connectivity index (χ4n) is 2.41. The molecule has 0 bridgehead atoms. The lowest BCUT2D eigenvalue weighted by molar-refractivity contribution is -0.137. The van der Waals surface area contributed by atoms with E-state index >= 15 is 0 Å². The van der Waals surface area contributed by atoms with Gasteiger partial charge in [-0.2, -0.15) is 0 Å². The normalized spacial score (nSPS) is 25.6. The fourth-order valence-corrected chi connectivity index (χ4v) is 2.41. The second-order valence-electron chi connectivity index (χ2n) is 5.59. The summed E-state index contributed by atoms with van der Waals surface area (Å²) >= 11 is 0. The van der Waals surface area contributed by atoms with Crippen LogP contribution in [0.4, 0.5) is 4.79 Å². The van der Waals surface area contributed by atoms with Crippen molar-refractivity contribution >= 4 is 12.0 Å². The Hall–Kier alpha value is -1.30. The van der Waals surface area contributed by atoms with E-state index in [9.17, 15) is 9.59 Å². The molecule has 3 unspecified atom stereocenters. The molecule has 1 heterocycles. The van der Waals surface area contributed by atoms with Crippen LogP contribution in [0.25, 0.3) is 0 Å². The van der Waals surface area contributed by atoms with Crippen LogP contribution in [0.2, 0.25) is 0 Å². The zero-order chi connectivity index (χ0) is 14.4. The predicted octanol–water partition coefficient (Wildman–Crippen LogP) is 0.879. The van der Waals surface area contributed by atoms with E-state index < -0.39 is 5.97 Å². The van der Waals surface area contributed by atoms with Crippen LogP contribution in [-0.2, 0) is 4.79 Å². The number of carbonyl (C=O) groups excluding carboxylic acids is 1. The number of amides is 2. The van der Waals surface area contributed by atoms with Gasteiger partial charge in [0.05, 0.1) is 0 Å². The molecule has 0 spiro atoms. The maximum atomic E-state index is 11.8. The Bertz CT molecular complexity index is 322. The van der Waals surface area contributed by atoms with Crippen LogP contribution in [0.1, 0.15) is 33.1 Å². The van der Waals surface area contributed by atoms with Gasteiger partial charge in [0.25, 0.3) is 0 Å². The molecule has 3 atom stereocenters. The summed E-state index contributed by atoms with van der Waals surface area (Å²) in [5.74, 6) is -0.406. The van der Waals surface area contributed by atoms with Gasteiger partial charge in [-0.05, 0) is 39.3 Å². The van der Waals surface area contributed by atoms with Crippen molar-refractivity contribution in [3.8, 4) is 0 Å². The smallest absolute Gasteiger partial charge is 0.315 e. The molecule has 1 aliphatic rings. The molecule has 110 valence electrons. The summed E-state index contributed by atoms with van der Waals surface area (Å²) in [6, 6.07) is -0.125. The number of hydrogen-bond acceptors (Lipinski definition) is 3. The van der Waals surface area contributed by atoms with Crippen LogP contribution in [-0.4, -0.2) is 54.2 Å². The molecule has 0 aromatic rings. The average Bonchev–Trinajstić information content (AvgIpc) is 2.30. The van der Waals surface area contributed by atoms with Crippen LogP contribution < -0.4 is 10.6 Å². The zero-order valence-corrected chi connectivity index (χ0v) is 12.0. The van der Waals surface area contributed by atoms with Gasteiger partial charge in [0.1, 0.15) is 0 Å². The summed E-state index contributed by atoms with van der Waals surface area (Å²) < 4.78 is 0. The molecule has 1 saturated heterocycles. The Morgan fingerprint density at radius 3 is 2.74 bits per heavy atom. The Kier molecular flexibility index (Phi) is 6.08. The number of likely N-dealkylation sites (tertiary alicyclic amines) is 1. The predicted molar refractivity (Wildman–Crippen MR) is 73.1 cm³/mol. The third-order valence-corrected chi connectivity index (χ3v) is 3.59. The summed E-state index contributed by atoms with van der Waals surface area (Å²) in [6.45, 7) is 5.93. The van der Waals surface area contributed by atoms with Crippen molar-refractivity contribution in [1.82, 2.24) is 15.5 Å². The second kappa shape index (κ2) is 7.33. The molecule has 6 heteroatoms. The van der Waals surface area contributed by atoms with Gasteiger partial charge in [0, 0.05) is 25.0 Å². The highest BCUT2D eigenvalue weighted by Gasteiger charge is 2.25. The number of urea groups is 1. The highest BCUT2D eigenvalue weighted by atomic mass is 16.4. The Labute approximate surface area is 114 Å². The third-order valence-electron chi connectivity index (χ3n) is 3.59. The molecule has 1 aliphatic heterocycles. The quantitative estimate of drug-likeness (QED) is 0.693. The minimum atomic E-state index is -0.835. The lowest BCUT2D eigenvalue weighted by atomic mass is 9.94. The highest BCUT2D eigenvalue weighted by Crippen LogP contribution is 2.15. The van der Waals surface area contributed by atoms with Crippen molar-refractivity contribution in [2.24, 2.45) is 5.92 Å². The monoisotopic (exact) mass is 271 g/mol. The van der Waals surface area contributed by atoms with E-state index in [1.54, 1.807) is 0 Å². The van der Waals surface area contributed by atoms with Gasteiger partial charge < -0.3 is 20.6 Å². The highest BCUT2D eigenvalue weighted by molar-refractivity contribution is 5.74. The molecule has 0 aromatic heterocycles. The number of rotatable bonds is 5. The number of piperidine rings is 1. The fraction of sp³-hybridized carbons (Fsp3) is 0.846. The van der Waals surface area contributed by atoms with Crippen LogP contribution in [0.15, 0.2) is 0 Å². The lowest BCUT2D eigenvalue weighted by Crippen LogP contribution is -2.52. The summed E-state index contributed by atoms with van der Waals surface area (Å²) in [5.41, 5.74) is 0. The Morgan fingerprint density at radius 2 is 2.16 bits per heavy atom. The van der Waals surface area contributed by atoms with Crippen molar-refractivity contribution in [3.63, 3.8) is 0 Å². The largest absolute Gasteiger partial charge is 0.481 e. The minimum Gasteiger partial charge on any atom is -0.481 e. The lowest BCUT2D eigenvalue weighted by Gasteiger charge is -2.35. The first-order chi connectivity index (χ1) is 8.88. The number of aliphatic carboxylic acids is 1. The van der Waals surface area contributed by atoms with Gasteiger partial charge >= 0.3 is 12.0 Å². The number of hydrogen-bond donors (Lipinski definition) is 3. The maximum absolute atomic E-state index is 11.8. The molecule has 19 heavy (non-hydrogen) atoms. The van der Waals surface area contributed by atoms with E-state index in [-0.39, 0.29) is 24.5 Å². The first-order valence-corrected chi connectivity index (χ1v) is 6.86. The second-order valence-corrected chi connectivity index (χ2v) is 5.59. The maximum Gasteiger partial charge on any atom is 0.315 e. The molecule has 3 N–H and O–H groups in total. The number of carboxylic acids is 1. The van der Waals surface area contributed by atoms with Gasteiger partial charge in [-0.1, -0.05) is 6.92 Å². The summed E-state index contributed by atoms with van der Waals surface area (Å²) in [4.78, 5) is 24.5. The number of nitrogens with zero attached hydrogens (tertiary/aromatic N) is 1. The van der Waals surface area contributed by atoms with E-state index in [1.165, 1.54) is 0 Å². The first kappa shape index (κ1) is 15.8. The Balaban J connectivity index is 2.28. The molecule has 0 aromatic carbocycles. The molecule has 6 nitrogen and oxygen atoms in total. The molecular weight excluding hydrogens is 246 g/mol. The number of carboxylic acid groups (broad SMARTS) is 1. The SMILES string of the molecule is CC(CCC(=O)O)NC(=O)NC1CCN(C)CC1C. The van der Waals surface area contributed by atoms with Crippen LogP contribution in [0.3, 0.4) is 0 Å². The van der Waals surface area contributed by atoms with Crippen LogP contribution in [0, 0.1) is 5.92 Å². The molecule has 1 fully saturated rings. The van der Waals surface area contributed by atoms with Crippen molar-refractivity contribution in [1.29, 1.82) is 0 Å². The van der Waals surface area contributed by atoms with Crippen molar-refractivity contribution in [2.75, 3.05) is 20.1 Å². The number of nitrogens with one attached hydrogen (secondary N) is 2. The van der Waals surface area contributed by atoms with Crippen molar-refractivity contribution in [2.45, 2.75) is 45.2 Å². The van der Waals surface area contributed by atoms with Crippen molar-refractivity contribution in [3.05, 3.63) is 0 Å². The summed E-state index contributed by atoms with van der Waals surface area (Å²) in [5, 5.41) is 14.4. The van der Waals surface area contributed by atoms with E-state index in [1.807, 2.05) is 6.92 Å². The summed E-state index contributed by atoms with van der Waals surface area (Å²) in [6.07, 6.45) is 1.48. The van der Waals surface area contributed by atoms with Crippen molar-refractivity contribution < 1.29 is 14.7 Å². The Morgan fingerprint density at radius 1 is 1.47 bits per heavy atom.